The number of carbonyl (C=O) groups excluding carboxylic acids is 8. The number of carbonyl (C=O) groups is 9. The Bertz CT molecular complexity index is 4040. The van der Waals surface area contributed by atoms with E-state index in [0.29, 0.717) is 43.1 Å². The predicted molar refractivity (Wildman–Crippen MR) is 427 cm³/mol. The standard InChI is InChI=1S/C20H23NO2.C17H17NO2.C17H16NO2.C15H10F5NO4.C9H13NO2.C4H9NO2.CH3I.CH5N.2Na.H/c1-3-11-18(20(22)23-4-2)21-19(16-12-7-5-8-13-16)17-14-9-6-10-15-17;2*1-2-20-16(19)13-18-17(14-9-5-3-6-10-14)15-11-7-4-8-12-15;1-3-6(21-7(22)4-5(2)14(21)23)15(24)25-13-11(19)9(17)8(16)10(18)12(13)20;1-4-7(3)10-8(11)5-6(2)9(10)12;1-2-3(5)4(6)7;2*1-2;;;/h5-10,12-15,18H,3-4,11H2,1-2H3;3-12H,2,13H2,1H3;3-13H,2H2,1H3;4,6H,3H2,1-2H3;5,7H,4H2,1-3H3;3H,2,5H2,1H3,(H,6,7);1H3;2H2,1H3;;;/q;;-1;;;;;;2*+1;-1. The maximum absolute atomic E-state index is 13.6. The summed E-state index contributed by atoms with van der Waals surface area (Å²) in [4.78, 5) is 120. The molecule has 0 aliphatic carbocycles. The molecule has 0 aromatic heterocycles. The van der Waals surface area contributed by atoms with Crippen LogP contribution in [-0.4, -0.2) is 148 Å². The van der Waals surface area contributed by atoms with E-state index in [1.165, 1.54) is 38.4 Å². The first-order chi connectivity index (χ1) is 53.2. The van der Waals surface area contributed by atoms with Gasteiger partial charge in [-0.1, -0.05) is 256 Å². The molecular formula is C84H97F5IN7Na2O14. The van der Waals surface area contributed by atoms with Crippen molar-refractivity contribution in [3.63, 3.8) is 0 Å². The average Bonchev–Trinajstić information content (AvgIpc) is 1.28. The third kappa shape index (κ3) is 34.2. The van der Waals surface area contributed by atoms with E-state index in [2.05, 4.69) is 43.0 Å². The van der Waals surface area contributed by atoms with Crippen LogP contribution in [-0.2, 0) is 57.4 Å². The molecule has 21 nitrogen and oxygen atoms in total. The number of rotatable bonds is 25. The molecule has 29 heteroatoms. The minimum atomic E-state index is -2.41. The predicted octanol–water partition coefficient (Wildman–Crippen LogP) is 8.63. The second kappa shape index (κ2) is 57.8. The third-order valence-corrected chi connectivity index (χ3v) is 15.3. The van der Waals surface area contributed by atoms with Crippen molar-refractivity contribution in [2.75, 3.05) is 38.3 Å². The van der Waals surface area contributed by atoms with E-state index in [0.717, 1.165) is 69.4 Å². The van der Waals surface area contributed by atoms with Crippen molar-refractivity contribution in [3.05, 3.63) is 274 Å². The fourth-order valence-electron chi connectivity index (χ4n) is 9.69. The summed E-state index contributed by atoms with van der Waals surface area (Å²) in [5, 5.41) is 8.06. The summed E-state index contributed by atoms with van der Waals surface area (Å²) < 4.78 is 85.6. The molecule has 0 spiro atoms. The van der Waals surface area contributed by atoms with Gasteiger partial charge in [0.15, 0.2) is 0 Å². The Morgan fingerprint density at radius 1 is 0.504 bits per heavy atom. The van der Waals surface area contributed by atoms with Gasteiger partial charge in [-0.3, -0.25) is 53.3 Å². The number of carboxylic acid groups (broad SMARTS) is 1. The molecule has 4 atom stereocenters. The second-order valence-electron chi connectivity index (χ2n) is 23.1. The summed E-state index contributed by atoms with van der Waals surface area (Å²) in [6.07, 6.45) is 5.00. The molecule has 4 unspecified atom stereocenters. The number of alkyl halides is 1. The minimum absolute atomic E-state index is 0. The number of hydrogen-bond acceptors (Lipinski definition) is 18. The van der Waals surface area contributed by atoms with Crippen molar-refractivity contribution in [3.8, 4) is 5.75 Å². The fraction of sp³-hybridized carbons (Fsp3) is 0.298. The Balaban J connectivity index is 0. The van der Waals surface area contributed by atoms with Gasteiger partial charge in [0, 0.05) is 51.6 Å². The first-order valence-electron chi connectivity index (χ1n) is 35.4. The second-order valence-corrected chi connectivity index (χ2v) is 23.1. The monoisotopic (exact) mass is 1700 g/mol. The molecule has 9 rings (SSSR count). The molecule has 7 aromatic carbocycles. The van der Waals surface area contributed by atoms with Crippen molar-refractivity contribution >= 4 is 93.2 Å². The van der Waals surface area contributed by atoms with E-state index in [1.54, 1.807) is 27.7 Å². The number of hydrogen-bond donors (Lipinski definition) is 3. The van der Waals surface area contributed by atoms with Gasteiger partial charge >= 0.3 is 83.0 Å². The van der Waals surface area contributed by atoms with E-state index in [1.807, 2.05) is 215 Å². The Morgan fingerprint density at radius 2 is 0.858 bits per heavy atom. The first-order valence-corrected chi connectivity index (χ1v) is 37.5. The van der Waals surface area contributed by atoms with Gasteiger partial charge in [0.2, 0.25) is 34.8 Å². The Hall–Kier alpha value is -9.17. The van der Waals surface area contributed by atoms with Crippen molar-refractivity contribution in [2.45, 2.75) is 126 Å². The third-order valence-electron chi connectivity index (χ3n) is 15.3. The first kappa shape index (κ1) is 104. The number of esters is 4. The maximum Gasteiger partial charge on any atom is 1.00 e. The number of nitrogens with two attached hydrogens (primary N) is 2. The number of halogens is 6. The average molecular weight is 1700 g/mol. The molecule has 0 saturated carbocycles. The molecule has 2 aliphatic rings. The molecule has 0 saturated heterocycles. The van der Waals surface area contributed by atoms with Crippen molar-refractivity contribution < 1.29 is 150 Å². The number of benzene rings is 7. The number of amides is 4. The SMILES string of the molecule is CCC(C(=O)Oc1c(F)c(F)c(F)c(F)c1F)N1C(=O)C=C(C)C1=O.CCC(C)N1C(=O)C=C(C)C1=O.CCC(N)C(=O)O.CCCC(N=C(c1ccccc1)c1ccccc1)C(=O)OCC.CCOC(=O)CN=C(c1ccccc1)c1ccccc1.CCOC(=O)[CH-]N=C(c1ccccc1)c1ccccc1.CI.CN.[H-].[Na+].[Na+]. The molecule has 5 N–H and O–H groups in total. The number of nitrogens with zero attached hydrogens (tertiary/aromatic N) is 5. The van der Waals surface area contributed by atoms with Gasteiger partial charge in [0.1, 0.15) is 24.7 Å². The van der Waals surface area contributed by atoms with Gasteiger partial charge in [-0.2, -0.15) is 8.78 Å². The van der Waals surface area contributed by atoms with Crippen molar-refractivity contribution in [1.82, 2.24) is 9.80 Å². The number of aliphatic imine (C=N–C) groups is 3. The minimum Gasteiger partial charge on any atom is -1.00 e. The zero-order valence-electron chi connectivity index (χ0n) is 67.1. The smallest absolute Gasteiger partial charge is 1.00 e. The van der Waals surface area contributed by atoms with E-state index in [4.69, 9.17) is 30.0 Å². The van der Waals surface area contributed by atoms with Crippen LogP contribution in [0.4, 0.5) is 22.0 Å². The van der Waals surface area contributed by atoms with Crippen LogP contribution in [0.1, 0.15) is 136 Å². The number of carboxylic acids is 1. The molecule has 7 aromatic rings. The van der Waals surface area contributed by atoms with Crippen LogP contribution in [0, 0.1) is 35.6 Å². The molecular weight excluding hydrogens is 1600 g/mol. The molecule has 0 bridgehead atoms. The van der Waals surface area contributed by atoms with Crippen LogP contribution in [0.15, 0.2) is 220 Å². The number of imide groups is 2. The zero-order chi connectivity index (χ0) is 83.1. The maximum atomic E-state index is 13.6. The quantitative estimate of drug-likeness (QED) is 0.00392. The van der Waals surface area contributed by atoms with Gasteiger partial charge in [-0.15, -0.1) is 0 Å². The molecule has 0 radical (unpaired) electrons. The molecule has 0 fully saturated rings. The van der Waals surface area contributed by atoms with E-state index < -0.39 is 82.7 Å². The largest absolute Gasteiger partial charge is 1.00 e. The van der Waals surface area contributed by atoms with Crippen LogP contribution in [0.3, 0.4) is 0 Å². The molecule has 113 heavy (non-hydrogen) atoms. The number of ether oxygens (including phenoxy) is 4. The van der Waals surface area contributed by atoms with Gasteiger partial charge in [-0.25, -0.2) is 22.8 Å². The van der Waals surface area contributed by atoms with E-state index in [9.17, 15) is 65.1 Å². The van der Waals surface area contributed by atoms with Crippen LogP contribution in [0.25, 0.3) is 0 Å². The van der Waals surface area contributed by atoms with Crippen LogP contribution < -0.4 is 75.3 Å². The topological polar surface area (TPSA) is 306 Å². The van der Waals surface area contributed by atoms with Gasteiger partial charge in [-0.05, 0) is 85.7 Å². The van der Waals surface area contributed by atoms with E-state index >= 15 is 0 Å². The molecule has 596 valence electrons. The van der Waals surface area contributed by atoms with Crippen LogP contribution in [0.5, 0.6) is 5.75 Å². The summed E-state index contributed by atoms with van der Waals surface area (Å²) in [7, 11) is 1.50. The summed E-state index contributed by atoms with van der Waals surface area (Å²) in [5.41, 5.74) is 18.4. The summed E-state index contributed by atoms with van der Waals surface area (Å²) in [6.45, 7) is 19.7. The van der Waals surface area contributed by atoms with Gasteiger partial charge in [0.25, 0.3) is 29.6 Å². The summed E-state index contributed by atoms with van der Waals surface area (Å²) >= 11 is 2.15. The number of aliphatic carboxylic acids is 1. The van der Waals surface area contributed by atoms with Gasteiger partial charge < -0.3 is 41.9 Å². The van der Waals surface area contributed by atoms with Crippen molar-refractivity contribution in [1.29, 1.82) is 0 Å². The molecule has 4 amide bonds. The van der Waals surface area contributed by atoms with Crippen LogP contribution in [0.2, 0.25) is 0 Å². The van der Waals surface area contributed by atoms with E-state index in [-0.39, 0.29) is 109 Å². The summed E-state index contributed by atoms with van der Waals surface area (Å²) in [5.74, 6) is -18.9. The fourth-order valence-corrected chi connectivity index (χ4v) is 9.69. The molecule has 2 heterocycles. The normalized spacial score (nSPS) is 12.3. The Kier molecular flexibility index (Phi) is 53.1. The molecule has 2 aliphatic heterocycles. The van der Waals surface area contributed by atoms with Crippen LogP contribution >= 0.6 is 22.6 Å². The van der Waals surface area contributed by atoms with Gasteiger partial charge in [0.05, 0.1) is 31.2 Å². The summed E-state index contributed by atoms with van der Waals surface area (Å²) in [6, 6.07) is 56.4. The van der Waals surface area contributed by atoms with Crippen molar-refractivity contribution in [2.24, 2.45) is 26.4 Å². The Morgan fingerprint density at radius 3 is 1.17 bits per heavy atom. The zero-order valence-corrected chi connectivity index (χ0v) is 72.3. The Labute approximate surface area is 717 Å².